The van der Waals surface area contributed by atoms with Gasteiger partial charge in [0, 0.05) is 6.26 Å². The Morgan fingerprint density at radius 3 is 2.89 bits per heavy atom. The van der Waals surface area contributed by atoms with Crippen LogP contribution >= 0.6 is 0 Å². The molecule has 2 N–H and O–H groups in total. The van der Waals surface area contributed by atoms with Crippen LogP contribution in [-0.2, 0) is 21.1 Å². The minimum Gasteiger partial charge on any atom is -0.338 e. The van der Waals surface area contributed by atoms with Crippen molar-refractivity contribution < 1.29 is 12.9 Å². The zero-order valence-electron chi connectivity index (χ0n) is 10.7. The summed E-state index contributed by atoms with van der Waals surface area (Å²) in [6.07, 6.45) is 4.96. The van der Waals surface area contributed by atoms with E-state index in [0.29, 0.717) is 11.7 Å². The smallest absolute Gasteiger partial charge is 0.241 e. The van der Waals surface area contributed by atoms with E-state index < -0.39 is 15.4 Å². The highest BCUT2D eigenvalue weighted by Gasteiger charge is 2.37. The number of nitrogens with zero attached hydrogens (tertiary/aromatic N) is 2. The molecule has 1 heterocycles. The van der Waals surface area contributed by atoms with Gasteiger partial charge in [0.05, 0.1) is 5.54 Å². The third kappa shape index (κ3) is 3.08. The van der Waals surface area contributed by atoms with Crippen molar-refractivity contribution in [2.75, 3.05) is 6.26 Å². The fourth-order valence-corrected chi connectivity index (χ4v) is 3.10. The molecule has 0 radical (unpaired) electrons. The quantitative estimate of drug-likeness (QED) is 0.881. The molecule has 0 amide bonds. The maximum Gasteiger partial charge on any atom is 0.241 e. The Morgan fingerprint density at radius 1 is 1.56 bits per heavy atom. The predicted molar refractivity (Wildman–Crippen MR) is 66.3 cm³/mol. The van der Waals surface area contributed by atoms with E-state index in [1.54, 1.807) is 0 Å². The van der Waals surface area contributed by atoms with E-state index in [0.717, 1.165) is 31.9 Å². The molecular weight excluding hydrogens is 254 g/mol. The second kappa shape index (κ2) is 4.62. The van der Waals surface area contributed by atoms with E-state index >= 15 is 0 Å². The molecule has 0 aliphatic heterocycles. The van der Waals surface area contributed by atoms with Gasteiger partial charge in [0.25, 0.3) is 0 Å². The van der Waals surface area contributed by atoms with E-state index in [-0.39, 0.29) is 11.6 Å². The number of nitrogens with two attached hydrogens (primary N) is 1. The van der Waals surface area contributed by atoms with Gasteiger partial charge in [-0.15, -0.1) is 0 Å². The summed E-state index contributed by atoms with van der Waals surface area (Å²) in [5, 5.41) is 3.85. The molecule has 0 aromatic carbocycles. The second-order valence-electron chi connectivity index (χ2n) is 5.44. The molecule has 1 aliphatic carbocycles. The Kier molecular flexibility index (Phi) is 3.46. The summed E-state index contributed by atoms with van der Waals surface area (Å²) in [5.41, 5.74) is 5.74. The first-order valence-corrected chi connectivity index (χ1v) is 8.14. The zero-order valence-corrected chi connectivity index (χ0v) is 11.5. The van der Waals surface area contributed by atoms with Crippen LogP contribution < -0.4 is 5.73 Å². The molecule has 7 heteroatoms. The molecule has 0 spiro atoms. The van der Waals surface area contributed by atoms with Gasteiger partial charge >= 0.3 is 0 Å². The lowest BCUT2D eigenvalue weighted by Crippen LogP contribution is -2.42. The van der Waals surface area contributed by atoms with Crippen molar-refractivity contribution in [1.82, 2.24) is 10.1 Å². The summed E-state index contributed by atoms with van der Waals surface area (Å²) in [5.74, 6) is 0.856. The number of hydrogen-bond donors (Lipinski definition) is 1. The van der Waals surface area contributed by atoms with E-state index in [9.17, 15) is 8.42 Å². The fraction of sp³-hybridized carbons (Fsp3) is 0.818. The lowest BCUT2D eigenvalue weighted by atomic mass is 9.76. The van der Waals surface area contributed by atoms with Crippen molar-refractivity contribution in [2.24, 2.45) is 11.7 Å². The van der Waals surface area contributed by atoms with Gasteiger partial charge in [-0.2, -0.15) is 4.98 Å². The zero-order chi connectivity index (χ0) is 13.4. The summed E-state index contributed by atoms with van der Waals surface area (Å²) < 4.78 is 27.3. The molecule has 1 aromatic rings. The third-order valence-corrected chi connectivity index (χ3v) is 4.10. The average molecular weight is 273 g/mol. The van der Waals surface area contributed by atoms with E-state index in [4.69, 9.17) is 10.3 Å². The lowest BCUT2D eigenvalue weighted by Gasteiger charge is -2.33. The molecule has 0 bridgehead atoms. The molecular formula is C11H19N3O3S. The van der Waals surface area contributed by atoms with E-state index in [1.807, 2.05) is 0 Å². The van der Waals surface area contributed by atoms with Gasteiger partial charge < -0.3 is 10.3 Å². The van der Waals surface area contributed by atoms with Crippen molar-refractivity contribution in [3.05, 3.63) is 11.7 Å². The van der Waals surface area contributed by atoms with Crippen molar-refractivity contribution in [1.29, 1.82) is 0 Å². The molecule has 1 saturated carbocycles. The average Bonchev–Trinajstić information content (AvgIpc) is 2.63. The van der Waals surface area contributed by atoms with Crippen molar-refractivity contribution >= 4 is 9.84 Å². The number of aromatic nitrogens is 2. The van der Waals surface area contributed by atoms with Gasteiger partial charge in [0.1, 0.15) is 5.75 Å². The van der Waals surface area contributed by atoms with Gasteiger partial charge in [-0.3, -0.25) is 0 Å². The van der Waals surface area contributed by atoms with Gasteiger partial charge in [0.15, 0.2) is 15.7 Å². The van der Waals surface area contributed by atoms with Crippen LogP contribution in [0.1, 0.15) is 44.3 Å². The summed E-state index contributed by atoms with van der Waals surface area (Å²) in [6.45, 7) is 2.15. The maximum atomic E-state index is 11.2. The predicted octanol–water partition coefficient (Wildman–Crippen LogP) is 0.978. The first kappa shape index (κ1) is 13.5. The van der Waals surface area contributed by atoms with Crippen LogP contribution in [0.4, 0.5) is 0 Å². The molecule has 1 aliphatic rings. The molecule has 2 atom stereocenters. The summed E-state index contributed by atoms with van der Waals surface area (Å²) in [4.78, 5) is 4.14. The highest BCUT2D eigenvalue weighted by Crippen LogP contribution is 2.36. The van der Waals surface area contributed by atoms with Crippen LogP contribution in [0.2, 0.25) is 0 Å². The SMILES string of the molecule is CC1CCCC(N)(c2noc(CS(C)(=O)=O)n2)C1. The van der Waals surface area contributed by atoms with Gasteiger partial charge in [-0.1, -0.05) is 24.9 Å². The van der Waals surface area contributed by atoms with Gasteiger partial charge in [0.2, 0.25) is 5.89 Å². The number of sulfone groups is 1. The van der Waals surface area contributed by atoms with Crippen LogP contribution in [0, 0.1) is 5.92 Å². The summed E-state index contributed by atoms with van der Waals surface area (Å²) in [6, 6.07) is 0. The third-order valence-electron chi connectivity index (χ3n) is 3.33. The molecule has 0 saturated heterocycles. The molecule has 102 valence electrons. The van der Waals surface area contributed by atoms with E-state index in [1.165, 1.54) is 0 Å². The maximum absolute atomic E-state index is 11.2. The normalized spacial score (nSPS) is 29.4. The molecule has 1 fully saturated rings. The first-order valence-electron chi connectivity index (χ1n) is 6.08. The standard InChI is InChI=1S/C11H19N3O3S/c1-8-4-3-5-11(12,6-8)10-13-9(17-14-10)7-18(2,15)16/h8H,3-7,12H2,1-2H3. The monoisotopic (exact) mass is 273 g/mol. The summed E-state index contributed by atoms with van der Waals surface area (Å²) in [7, 11) is -3.16. The highest BCUT2D eigenvalue weighted by atomic mass is 32.2. The number of hydrogen-bond acceptors (Lipinski definition) is 6. The Morgan fingerprint density at radius 2 is 2.28 bits per heavy atom. The molecule has 18 heavy (non-hydrogen) atoms. The first-order chi connectivity index (χ1) is 8.28. The lowest BCUT2D eigenvalue weighted by molar-refractivity contribution is 0.221. The molecule has 1 aromatic heterocycles. The largest absolute Gasteiger partial charge is 0.338 e. The van der Waals surface area contributed by atoms with Crippen LogP contribution in [0.5, 0.6) is 0 Å². The molecule has 6 nitrogen and oxygen atoms in total. The Labute approximate surface area is 107 Å². The second-order valence-corrected chi connectivity index (χ2v) is 7.58. The molecule has 2 unspecified atom stereocenters. The minimum absolute atomic E-state index is 0.121. The Balaban J connectivity index is 2.19. The van der Waals surface area contributed by atoms with Crippen molar-refractivity contribution in [2.45, 2.75) is 43.9 Å². The van der Waals surface area contributed by atoms with Crippen LogP contribution in [0.25, 0.3) is 0 Å². The van der Waals surface area contributed by atoms with Gasteiger partial charge in [-0.25, -0.2) is 8.42 Å². The van der Waals surface area contributed by atoms with E-state index in [2.05, 4.69) is 17.1 Å². The van der Waals surface area contributed by atoms with Gasteiger partial charge in [-0.05, 0) is 18.8 Å². The highest BCUT2D eigenvalue weighted by molar-refractivity contribution is 7.89. The van der Waals surface area contributed by atoms with Crippen LogP contribution in [-0.4, -0.2) is 24.8 Å². The van der Waals surface area contributed by atoms with Crippen LogP contribution in [0.3, 0.4) is 0 Å². The minimum atomic E-state index is -3.16. The van der Waals surface area contributed by atoms with Crippen molar-refractivity contribution in [3.8, 4) is 0 Å². The summed E-state index contributed by atoms with van der Waals surface area (Å²) >= 11 is 0. The fourth-order valence-electron chi connectivity index (χ4n) is 2.54. The topological polar surface area (TPSA) is 99.1 Å². The number of rotatable bonds is 3. The Hall–Kier alpha value is -0.950. The Bertz CT molecular complexity index is 525. The molecule has 2 rings (SSSR count). The van der Waals surface area contributed by atoms with Crippen LogP contribution in [0.15, 0.2) is 4.52 Å². The van der Waals surface area contributed by atoms with Crippen molar-refractivity contribution in [3.63, 3.8) is 0 Å².